The highest BCUT2D eigenvalue weighted by molar-refractivity contribution is 9.10. The molecule has 0 aromatic heterocycles. The van der Waals surface area contributed by atoms with Crippen molar-refractivity contribution in [3.05, 3.63) is 98.9 Å². The number of rotatable bonds is 6. The van der Waals surface area contributed by atoms with Crippen LogP contribution in [0.15, 0.2) is 87.1 Å². The van der Waals surface area contributed by atoms with Crippen LogP contribution in [0.3, 0.4) is 0 Å². The molecule has 33 heavy (non-hydrogen) atoms. The standard InChI is InChI=1S/C24H18BrNO5S2/c1-16-6-5-7-17(12-16)15-26-23(27)22(32-24(26)28)14-18-13-19(25)10-11-21(18)31-33(29,30)20-8-3-2-4-9-20/h2-14H,15H2,1H3/b22-14-. The maximum atomic E-state index is 13.0. The van der Waals surface area contributed by atoms with E-state index in [4.69, 9.17) is 4.18 Å². The molecule has 0 saturated carbocycles. The summed E-state index contributed by atoms with van der Waals surface area (Å²) in [5.74, 6) is -0.393. The second-order valence-corrected chi connectivity index (χ2v) is 10.7. The molecule has 1 aliphatic heterocycles. The van der Waals surface area contributed by atoms with Gasteiger partial charge in [-0.25, -0.2) is 0 Å². The fourth-order valence-corrected chi connectivity index (χ4v) is 5.41. The lowest BCUT2D eigenvalue weighted by Crippen LogP contribution is -2.27. The number of hydrogen-bond acceptors (Lipinski definition) is 6. The van der Waals surface area contributed by atoms with Crippen molar-refractivity contribution in [2.24, 2.45) is 0 Å². The van der Waals surface area contributed by atoms with Crippen molar-refractivity contribution in [1.29, 1.82) is 0 Å². The average molecular weight is 544 g/mol. The Balaban J connectivity index is 1.63. The Labute approximate surface area is 204 Å². The zero-order chi connectivity index (χ0) is 23.6. The molecule has 0 spiro atoms. The Kier molecular flexibility index (Phi) is 6.73. The summed E-state index contributed by atoms with van der Waals surface area (Å²) in [5, 5.41) is -0.387. The van der Waals surface area contributed by atoms with E-state index >= 15 is 0 Å². The fourth-order valence-electron chi connectivity index (χ4n) is 3.23. The van der Waals surface area contributed by atoms with Crippen LogP contribution >= 0.6 is 27.7 Å². The van der Waals surface area contributed by atoms with Crippen LogP contribution < -0.4 is 4.18 Å². The molecule has 1 saturated heterocycles. The Morgan fingerprint density at radius 3 is 2.48 bits per heavy atom. The molecule has 0 bridgehead atoms. The van der Waals surface area contributed by atoms with Gasteiger partial charge in [0, 0.05) is 10.0 Å². The van der Waals surface area contributed by atoms with Gasteiger partial charge in [-0.15, -0.1) is 0 Å². The van der Waals surface area contributed by atoms with E-state index in [0.29, 0.717) is 10.0 Å². The molecular weight excluding hydrogens is 526 g/mol. The summed E-state index contributed by atoms with van der Waals surface area (Å²) < 4.78 is 31.4. The van der Waals surface area contributed by atoms with Gasteiger partial charge in [0.15, 0.2) is 0 Å². The van der Waals surface area contributed by atoms with Gasteiger partial charge in [0.05, 0.1) is 11.4 Å². The molecule has 0 aliphatic carbocycles. The third-order valence-corrected chi connectivity index (χ3v) is 7.44. The molecule has 3 aromatic carbocycles. The van der Waals surface area contributed by atoms with Gasteiger partial charge in [0.1, 0.15) is 10.6 Å². The predicted molar refractivity (Wildman–Crippen MR) is 131 cm³/mol. The molecule has 168 valence electrons. The molecule has 3 aromatic rings. The number of halogens is 1. The van der Waals surface area contributed by atoms with Gasteiger partial charge in [-0.1, -0.05) is 64.0 Å². The number of thioether (sulfide) groups is 1. The molecule has 0 radical (unpaired) electrons. The minimum atomic E-state index is -4.08. The molecule has 6 nitrogen and oxygen atoms in total. The molecule has 0 N–H and O–H groups in total. The molecule has 1 heterocycles. The number of aryl methyl sites for hydroxylation is 1. The smallest absolute Gasteiger partial charge is 0.339 e. The Morgan fingerprint density at radius 1 is 1.00 bits per heavy atom. The van der Waals surface area contributed by atoms with Crippen molar-refractivity contribution >= 4 is 55.0 Å². The topological polar surface area (TPSA) is 80.8 Å². The zero-order valence-corrected chi connectivity index (χ0v) is 20.6. The largest absolute Gasteiger partial charge is 0.378 e. The summed E-state index contributed by atoms with van der Waals surface area (Å²) in [6.45, 7) is 2.10. The van der Waals surface area contributed by atoms with Crippen molar-refractivity contribution in [3.63, 3.8) is 0 Å². The van der Waals surface area contributed by atoms with Gasteiger partial charge < -0.3 is 4.18 Å². The first kappa shape index (κ1) is 23.3. The van der Waals surface area contributed by atoms with Crippen LogP contribution in [0.25, 0.3) is 6.08 Å². The molecule has 0 atom stereocenters. The van der Waals surface area contributed by atoms with E-state index in [9.17, 15) is 18.0 Å². The van der Waals surface area contributed by atoms with E-state index in [2.05, 4.69) is 15.9 Å². The first-order valence-electron chi connectivity index (χ1n) is 9.83. The van der Waals surface area contributed by atoms with Crippen LogP contribution in [0, 0.1) is 6.92 Å². The minimum absolute atomic E-state index is 0.0114. The molecule has 9 heteroatoms. The van der Waals surface area contributed by atoms with E-state index in [1.807, 2.05) is 31.2 Å². The molecule has 2 amide bonds. The number of carbonyl (C=O) groups excluding carboxylic acids is 2. The third kappa shape index (κ3) is 5.38. The van der Waals surface area contributed by atoms with Gasteiger partial charge in [0.25, 0.3) is 11.1 Å². The van der Waals surface area contributed by atoms with Gasteiger partial charge >= 0.3 is 10.1 Å². The zero-order valence-electron chi connectivity index (χ0n) is 17.4. The first-order chi connectivity index (χ1) is 15.7. The normalized spacial score (nSPS) is 15.3. The highest BCUT2D eigenvalue weighted by Gasteiger charge is 2.35. The Hall–Kier alpha value is -2.88. The van der Waals surface area contributed by atoms with Crippen LogP contribution in [-0.4, -0.2) is 24.5 Å². The fraction of sp³-hybridized carbons (Fsp3) is 0.0833. The van der Waals surface area contributed by atoms with E-state index in [1.165, 1.54) is 29.2 Å². The quantitative estimate of drug-likeness (QED) is 0.290. The van der Waals surface area contributed by atoms with E-state index < -0.39 is 16.0 Å². The highest BCUT2D eigenvalue weighted by Crippen LogP contribution is 2.36. The Bertz CT molecular complexity index is 1370. The number of nitrogens with zero attached hydrogens (tertiary/aromatic N) is 1. The summed E-state index contributed by atoms with van der Waals surface area (Å²) in [6.07, 6.45) is 1.47. The summed E-state index contributed by atoms with van der Waals surface area (Å²) in [5.41, 5.74) is 2.23. The van der Waals surface area contributed by atoms with Crippen LogP contribution in [-0.2, 0) is 21.5 Å². The molecule has 0 unspecified atom stereocenters. The molecule has 1 aliphatic rings. The van der Waals surface area contributed by atoms with Gasteiger partial charge in [-0.3, -0.25) is 14.5 Å². The van der Waals surface area contributed by atoms with Crippen molar-refractivity contribution in [3.8, 4) is 5.75 Å². The highest BCUT2D eigenvalue weighted by atomic mass is 79.9. The second-order valence-electron chi connectivity index (χ2n) is 7.29. The average Bonchev–Trinajstić information content (AvgIpc) is 3.03. The van der Waals surface area contributed by atoms with Gasteiger partial charge in [-0.05, 0) is 60.7 Å². The SMILES string of the molecule is Cc1cccc(CN2C(=O)S/C(=C\c3cc(Br)ccc3OS(=O)(=O)c3ccccc3)C2=O)c1. The maximum Gasteiger partial charge on any atom is 0.339 e. The summed E-state index contributed by atoms with van der Waals surface area (Å²) in [6, 6.07) is 20.1. The van der Waals surface area contributed by atoms with E-state index in [-0.39, 0.29) is 27.3 Å². The lowest BCUT2D eigenvalue weighted by atomic mass is 10.1. The van der Waals surface area contributed by atoms with Crippen molar-refractivity contribution in [1.82, 2.24) is 4.90 Å². The van der Waals surface area contributed by atoms with E-state index in [1.54, 1.807) is 30.3 Å². The Morgan fingerprint density at radius 2 is 1.76 bits per heavy atom. The first-order valence-corrected chi connectivity index (χ1v) is 12.8. The summed E-state index contributed by atoms with van der Waals surface area (Å²) >= 11 is 4.16. The molecule has 1 fully saturated rings. The third-order valence-electron chi connectivity index (χ3n) is 4.79. The lowest BCUT2D eigenvalue weighted by Gasteiger charge is -2.13. The molecule has 4 rings (SSSR count). The van der Waals surface area contributed by atoms with Crippen molar-refractivity contribution in [2.45, 2.75) is 18.4 Å². The van der Waals surface area contributed by atoms with Crippen LogP contribution in [0.2, 0.25) is 0 Å². The minimum Gasteiger partial charge on any atom is -0.378 e. The summed E-state index contributed by atoms with van der Waals surface area (Å²) in [7, 11) is -4.08. The van der Waals surface area contributed by atoms with Crippen LogP contribution in [0.5, 0.6) is 5.75 Å². The van der Waals surface area contributed by atoms with E-state index in [0.717, 1.165) is 22.9 Å². The second kappa shape index (κ2) is 9.54. The van der Waals surface area contributed by atoms with Crippen molar-refractivity contribution in [2.75, 3.05) is 0 Å². The molecular formula is C24H18BrNO5S2. The number of carbonyl (C=O) groups is 2. The van der Waals surface area contributed by atoms with Crippen molar-refractivity contribution < 1.29 is 22.2 Å². The predicted octanol–water partition coefficient (Wildman–Crippen LogP) is 5.76. The number of amides is 2. The van der Waals surface area contributed by atoms with Gasteiger partial charge in [0.2, 0.25) is 0 Å². The number of imide groups is 1. The summed E-state index contributed by atoms with van der Waals surface area (Å²) in [4.78, 5) is 26.9. The van der Waals surface area contributed by atoms with Gasteiger partial charge in [-0.2, -0.15) is 8.42 Å². The number of benzene rings is 3. The lowest BCUT2D eigenvalue weighted by molar-refractivity contribution is -0.123. The maximum absolute atomic E-state index is 13.0. The monoisotopic (exact) mass is 543 g/mol. The van der Waals surface area contributed by atoms with Crippen LogP contribution in [0.1, 0.15) is 16.7 Å². The number of hydrogen-bond donors (Lipinski definition) is 0. The van der Waals surface area contributed by atoms with Crippen LogP contribution in [0.4, 0.5) is 4.79 Å².